The van der Waals surface area contributed by atoms with Gasteiger partial charge in [0, 0.05) is 6.42 Å². The molecule has 0 saturated heterocycles. The molecule has 2 atom stereocenters. The van der Waals surface area contributed by atoms with Gasteiger partial charge in [-0.15, -0.1) is 6.58 Å². The first-order valence-electron chi connectivity index (χ1n) is 4.32. The van der Waals surface area contributed by atoms with Crippen LogP contribution in [0.2, 0.25) is 0 Å². The molecule has 0 radical (unpaired) electrons. The van der Waals surface area contributed by atoms with Crippen molar-refractivity contribution < 1.29 is 9.90 Å². The van der Waals surface area contributed by atoms with E-state index in [0.29, 0.717) is 19.3 Å². The fourth-order valence-corrected chi connectivity index (χ4v) is 1.90. The number of aliphatic hydroxyl groups excluding tert-OH is 1. The average molecular weight is 168 g/mol. The van der Waals surface area contributed by atoms with E-state index in [1.54, 1.807) is 0 Å². The van der Waals surface area contributed by atoms with Crippen molar-refractivity contribution in [2.75, 3.05) is 0 Å². The van der Waals surface area contributed by atoms with Crippen molar-refractivity contribution in [2.24, 2.45) is 5.41 Å². The van der Waals surface area contributed by atoms with Crippen molar-refractivity contribution in [1.82, 2.24) is 0 Å². The second-order valence-electron chi connectivity index (χ2n) is 4.03. The molecule has 0 aromatic carbocycles. The summed E-state index contributed by atoms with van der Waals surface area (Å²) < 4.78 is 0. The number of aliphatic hydroxyl groups is 1. The Kier molecular flexibility index (Phi) is 2.38. The predicted octanol–water partition coefficient (Wildman–Crippen LogP) is 1.68. The number of carbonyl (C=O) groups excluding carboxylic acids is 1. The van der Waals surface area contributed by atoms with Crippen molar-refractivity contribution in [1.29, 1.82) is 0 Å². The number of hydrogen-bond acceptors (Lipinski definition) is 2. The van der Waals surface area contributed by atoms with Crippen LogP contribution in [-0.2, 0) is 4.79 Å². The van der Waals surface area contributed by atoms with Crippen LogP contribution >= 0.6 is 0 Å². The third-order valence-electron chi connectivity index (χ3n) is 2.69. The number of ketones is 1. The molecule has 1 aliphatic carbocycles. The van der Waals surface area contributed by atoms with Gasteiger partial charge in [0.15, 0.2) is 0 Å². The minimum absolute atomic E-state index is 0.179. The fraction of sp³-hybridized carbons (Fsp3) is 0.700. The zero-order chi connectivity index (χ0) is 9.35. The summed E-state index contributed by atoms with van der Waals surface area (Å²) in [7, 11) is 0. The van der Waals surface area contributed by atoms with Gasteiger partial charge in [0.25, 0.3) is 0 Å². The van der Waals surface area contributed by atoms with E-state index in [-0.39, 0.29) is 5.78 Å². The van der Waals surface area contributed by atoms with Crippen molar-refractivity contribution in [3.63, 3.8) is 0 Å². The molecule has 0 bridgehead atoms. The van der Waals surface area contributed by atoms with Crippen LogP contribution in [0.25, 0.3) is 0 Å². The molecule has 1 N–H and O–H groups in total. The summed E-state index contributed by atoms with van der Waals surface area (Å²) in [6.45, 7) is 7.50. The van der Waals surface area contributed by atoms with Crippen LogP contribution in [0.3, 0.4) is 0 Å². The predicted molar refractivity (Wildman–Crippen MR) is 47.8 cm³/mol. The van der Waals surface area contributed by atoms with Crippen LogP contribution in [0, 0.1) is 5.41 Å². The maximum atomic E-state index is 11.4. The monoisotopic (exact) mass is 168 g/mol. The van der Waals surface area contributed by atoms with E-state index in [1.165, 1.54) is 0 Å². The maximum absolute atomic E-state index is 11.4. The maximum Gasteiger partial charge on any atom is 0.141 e. The second kappa shape index (κ2) is 3.02. The van der Waals surface area contributed by atoms with E-state index in [4.69, 9.17) is 0 Å². The zero-order valence-corrected chi connectivity index (χ0v) is 7.76. The Bertz CT molecular complexity index is 220. The highest BCUT2D eigenvalue weighted by Crippen LogP contribution is 2.39. The van der Waals surface area contributed by atoms with Crippen LogP contribution in [0.15, 0.2) is 12.2 Å². The Hall–Kier alpha value is -0.630. The number of hydrogen-bond donors (Lipinski definition) is 1. The first kappa shape index (κ1) is 9.46. The molecule has 0 aromatic heterocycles. The van der Waals surface area contributed by atoms with Crippen LogP contribution in [-0.4, -0.2) is 17.0 Å². The van der Waals surface area contributed by atoms with Gasteiger partial charge in [-0.3, -0.25) is 4.79 Å². The highest BCUT2D eigenvalue weighted by molar-refractivity contribution is 5.87. The Labute approximate surface area is 73.3 Å². The normalized spacial score (nSPS) is 35.6. The Morgan fingerprint density at radius 3 is 2.75 bits per heavy atom. The molecule has 0 spiro atoms. The molecule has 0 aromatic rings. The van der Waals surface area contributed by atoms with Gasteiger partial charge >= 0.3 is 0 Å². The highest BCUT2D eigenvalue weighted by atomic mass is 16.3. The molecule has 0 heterocycles. The lowest BCUT2D eigenvalue weighted by Crippen LogP contribution is -2.32. The SMILES string of the molecule is C=C(C)C[C@@]1(C)C(=O)CC[C@H]1O. The molecular weight excluding hydrogens is 152 g/mol. The van der Waals surface area contributed by atoms with Crippen molar-refractivity contribution in [3.05, 3.63) is 12.2 Å². The summed E-state index contributed by atoms with van der Waals surface area (Å²) >= 11 is 0. The summed E-state index contributed by atoms with van der Waals surface area (Å²) in [6, 6.07) is 0. The molecule has 2 heteroatoms. The zero-order valence-electron chi connectivity index (χ0n) is 7.76. The van der Waals surface area contributed by atoms with E-state index >= 15 is 0 Å². The lowest BCUT2D eigenvalue weighted by molar-refractivity contribution is -0.127. The fourth-order valence-electron chi connectivity index (χ4n) is 1.90. The molecule has 2 nitrogen and oxygen atoms in total. The minimum atomic E-state index is -0.550. The molecule has 1 aliphatic rings. The van der Waals surface area contributed by atoms with Crippen LogP contribution in [0.5, 0.6) is 0 Å². The molecule has 1 rings (SSSR count). The number of rotatable bonds is 2. The van der Waals surface area contributed by atoms with Crippen LogP contribution in [0.4, 0.5) is 0 Å². The van der Waals surface area contributed by atoms with E-state index in [9.17, 15) is 9.90 Å². The molecular formula is C10H16O2. The lowest BCUT2D eigenvalue weighted by atomic mass is 9.80. The summed E-state index contributed by atoms with van der Waals surface area (Å²) in [5.74, 6) is 0.179. The molecule has 1 saturated carbocycles. The van der Waals surface area contributed by atoms with Gasteiger partial charge < -0.3 is 5.11 Å². The van der Waals surface area contributed by atoms with Crippen LogP contribution in [0.1, 0.15) is 33.1 Å². The first-order valence-corrected chi connectivity index (χ1v) is 4.32. The second-order valence-corrected chi connectivity index (χ2v) is 4.03. The van der Waals surface area contributed by atoms with Gasteiger partial charge in [0.05, 0.1) is 11.5 Å². The minimum Gasteiger partial charge on any atom is -0.392 e. The average Bonchev–Trinajstić information content (AvgIpc) is 2.16. The summed E-state index contributed by atoms with van der Waals surface area (Å²) in [4.78, 5) is 11.4. The van der Waals surface area contributed by atoms with Gasteiger partial charge in [-0.05, 0) is 26.7 Å². The number of allylic oxidation sites excluding steroid dienone is 1. The largest absolute Gasteiger partial charge is 0.392 e. The van der Waals surface area contributed by atoms with Crippen LogP contribution < -0.4 is 0 Å². The lowest BCUT2D eigenvalue weighted by Gasteiger charge is -2.26. The smallest absolute Gasteiger partial charge is 0.141 e. The topological polar surface area (TPSA) is 37.3 Å². The van der Waals surface area contributed by atoms with E-state index in [0.717, 1.165) is 5.57 Å². The van der Waals surface area contributed by atoms with Crippen molar-refractivity contribution in [3.8, 4) is 0 Å². The van der Waals surface area contributed by atoms with Gasteiger partial charge in [0.2, 0.25) is 0 Å². The standard InChI is InChI=1S/C10H16O2/c1-7(2)6-10(3)8(11)4-5-9(10)12/h8,11H,1,4-6H2,2-3H3/t8-,10-/m1/s1. The van der Waals surface area contributed by atoms with Crippen molar-refractivity contribution >= 4 is 5.78 Å². The number of carbonyl (C=O) groups is 1. The Balaban J connectivity index is 2.79. The molecule has 1 fully saturated rings. The highest BCUT2D eigenvalue weighted by Gasteiger charge is 2.44. The molecule has 12 heavy (non-hydrogen) atoms. The van der Waals surface area contributed by atoms with Gasteiger partial charge in [-0.25, -0.2) is 0 Å². The van der Waals surface area contributed by atoms with Gasteiger partial charge in [-0.2, -0.15) is 0 Å². The quantitative estimate of drug-likeness (QED) is 0.637. The third kappa shape index (κ3) is 1.44. The van der Waals surface area contributed by atoms with Gasteiger partial charge in [0.1, 0.15) is 5.78 Å². The first-order chi connectivity index (χ1) is 5.47. The number of Topliss-reactive ketones (excluding diaryl/α,β-unsaturated/α-hetero) is 1. The molecule has 0 aliphatic heterocycles. The van der Waals surface area contributed by atoms with Gasteiger partial charge in [-0.1, -0.05) is 5.57 Å². The summed E-state index contributed by atoms with van der Waals surface area (Å²) in [5, 5.41) is 9.61. The summed E-state index contributed by atoms with van der Waals surface area (Å²) in [5.41, 5.74) is 0.415. The summed E-state index contributed by atoms with van der Waals surface area (Å²) in [6.07, 6.45) is 1.28. The van der Waals surface area contributed by atoms with E-state index < -0.39 is 11.5 Å². The molecule has 0 unspecified atom stereocenters. The Morgan fingerprint density at radius 2 is 2.42 bits per heavy atom. The third-order valence-corrected chi connectivity index (χ3v) is 2.69. The molecule has 0 amide bonds. The molecule has 68 valence electrons. The van der Waals surface area contributed by atoms with E-state index in [2.05, 4.69) is 6.58 Å². The van der Waals surface area contributed by atoms with Crippen molar-refractivity contribution in [2.45, 2.75) is 39.2 Å². The van der Waals surface area contributed by atoms with E-state index in [1.807, 2.05) is 13.8 Å². The Morgan fingerprint density at radius 1 is 1.83 bits per heavy atom.